The van der Waals surface area contributed by atoms with Crippen LogP contribution in [0.3, 0.4) is 0 Å². The zero-order valence-electron chi connectivity index (χ0n) is 20.2. The molecule has 1 aromatic heterocycles. The van der Waals surface area contributed by atoms with Gasteiger partial charge in [0.25, 0.3) is 0 Å². The van der Waals surface area contributed by atoms with Gasteiger partial charge < -0.3 is 24.3 Å². The van der Waals surface area contributed by atoms with Crippen LogP contribution in [0.4, 0.5) is 0 Å². The Kier molecular flexibility index (Phi) is 7.49. The quantitative estimate of drug-likeness (QED) is 0.681. The van der Waals surface area contributed by atoms with Crippen molar-refractivity contribution in [3.63, 3.8) is 0 Å². The van der Waals surface area contributed by atoms with Crippen molar-refractivity contribution in [2.24, 2.45) is 5.92 Å². The maximum absolute atomic E-state index is 12.8. The summed E-state index contributed by atoms with van der Waals surface area (Å²) in [6, 6.07) is 5.74. The Hall–Kier alpha value is -2.65. The van der Waals surface area contributed by atoms with E-state index in [4.69, 9.17) is 9.47 Å². The average Bonchev–Trinajstić information content (AvgIpc) is 3.13. The fraction of sp³-hybridized carbons (Fsp3) is 0.625. The largest absolute Gasteiger partial charge is 0.497 e. The fourth-order valence-electron chi connectivity index (χ4n) is 4.78. The van der Waals surface area contributed by atoms with Gasteiger partial charge in [-0.1, -0.05) is 0 Å². The standard InChI is InChI=1S/C24H36N6O3/c1-17(25-24(31)18-7-10-28(2)11-8-18)23-27-26-22-9-12-29(13-14-30(22)23)16-19-15-20(32-3)5-6-21(19)33-4/h5-6,15,17-18H,7-14,16H2,1-4H3,(H,25,31). The van der Waals surface area contributed by atoms with Gasteiger partial charge in [0.15, 0.2) is 5.82 Å². The van der Waals surface area contributed by atoms with Crippen molar-refractivity contribution in [1.82, 2.24) is 29.9 Å². The molecule has 4 rings (SSSR count). The van der Waals surface area contributed by atoms with Gasteiger partial charge in [-0.05, 0) is 58.1 Å². The summed E-state index contributed by atoms with van der Waals surface area (Å²) in [6.45, 7) is 7.27. The van der Waals surface area contributed by atoms with Crippen molar-refractivity contribution in [3.8, 4) is 11.5 Å². The lowest BCUT2D eigenvalue weighted by atomic mass is 9.96. The minimum absolute atomic E-state index is 0.0866. The molecule has 2 aliphatic rings. The predicted octanol–water partition coefficient (Wildman–Crippen LogP) is 1.87. The molecule has 2 aromatic rings. The first-order valence-electron chi connectivity index (χ1n) is 11.8. The number of likely N-dealkylation sites (tertiary alicyclic amines) is 1. The van der Waals surface area contributed by atoms with Crippen LogP contribution in [0, 0.1) is 5.92 Å². The van der Waals surface area contributed by atoms with E-state index in [2.05, 4.69) is 36.9 Å². The van der Waals surface area contributed by atoms with Gasteiger partial charge in [0.05, 0.1) is 20.3 Å². The van der Waals surface area contributed by atoms with E-state index >= 15 is 0 Å². The first kappa shape index (κ1) is 23.5. The summed E-state index contributed by atoms with van der Waals surface area (Å²) < 4.78 is 13.1. The molecule has 1 N–H and O–H groups in total. The van der Waals surface area contributed by atoms with Gasteiger partial charge >= 0.3 is 0 Å². The molecule has 9 nitrogen and oxygen atoms in total. The fourth-order valence-corrected chi connectivity index (χ4v) is 4.78. The van der Waals surface area contributed by atoms with Gasteiger partial charge in [-0.15, -0.1) is 10.2 Å². The highest BCUT2D eigenvalue weighted by molar-refractivity contribution is 5.79. The molecular weight excluding hydrogens is 420 g/mol. The summed E-state index contributed by atoms with van der Waals surface area (Å²) in [7, 11) is 5.48. The Labute approximate surface area is 196 Å². The predicted molar refractivity (Wildman–Crippen MR) is 125 cm³/mol. The van der Waals surface area contributed by atoms with E-state index in [0.717, 1.165) is 87.2 Å². The van der Waals surface area contributed by atoms with Crippen molar-refractivity contribution in [3.05, 3.63) is 35.4 Å². The molecule has 0 radical (unpaired) electrons. The maximum Gasteiger partial charge on any atom is 0.223 e. The van der Waals surface area contributed by atoms with Crippen LogP contribution in [-0.2, 0) is 24.3 Å². The van der Waals surface area contributed by atoms with E-state index < -0.39 is 0 Å². The average molecular weight is 457 g/mol. The molecule has 0 saturated carbocycles. The van der Waals surface area contributed by atoms with Gasteiger partial charge in [0.1, 0.15) is 17.3 Å². The lowest BCUT2D eigenvalue weighted by Crippen LogP contribution is -2.40. The third-order valence-electron chi connectivity index (χ3n) is 6.86. The lowest BCUT2D eigenvalue weighted by Gasteiger charge is -2.29. The van der Waals surface area contributed by atoms with Gasteiger partial charge in [-0.3, -0.25) is 9.69 Å². The summed E-state index contributed by atoms with van der Waals surface area (Å²) in [5.74, 6) is 3.73. The number of fused-ring (bicyclic) bond motifs is 1. The van der Waals surface area contributed by atoms with Gasteiger partial charge in [0, 0.05) is 44.1 Å². The number of amides is 1. The minimum Gasteiger partial charge on any atom is -0.497 e. The van der Waals surface area contributed by atoms with Crippen molar-refractivity contribution >= 4 is 5.91 Å². The van der Waals surface area contributed by atoms with E-state index in [1.807, 2.05) is 25.1 Å². The Balaban J connectivity index is 1.39. The number of hydrogen-bond donors (Lipinski definition) is 1. The SMILES string of the molecule is COc1ccc(OC)c(CN2CCc3nnc(C(C)NC(=O)C4CCN(C)CC4)n3CC2)c1. The normalized spacial score (nSPS) is 18.9. The molecule has 1 amide bonds. The zero-order chi connectivity index (χ0) is 23.4. The number of carbonyl (C=O) groups excluding carboxylic acids is 1. The van der Waals surface area contributed by atoms with E-state index in [1.54, 1.807) is 14.2 Å². The number of rotatable bonds is 7. The number of hydrogen-bond acceptors (Lipinski definition) is 7. The minimum atomic E-state index is -0.163. The smallest absolute Gasteiger partial charge is 0.223 e. The molecule has 33 heavy (non-hydrogen) atoms. The summed E-state index contributed by atoms with van der Waals surface area (Å²) in [5.41, 5.74) is 1.11. The second-order valence-corrected chi connectivity index (χ2v) is 9.14. The van der Waals surface area contributed by atoms with E-state index in [-0.39, 0.29) is 17.9 Å². The Bertz CT molecular complexity index is 954. The second-order valence-electron chi connectivity index (χ2n) is 9.14. The van der Waals surface area contributed by atoms with Crippen molar-refractivity contribution in [1.29, 1.82) is 0 Å². The molecule has 0 aliphatic carbocycles. The molecular formula is C24H36N6O3. The van der Waals surface area contributed by atoms with Crippen molar-refractivity contribution in [2.45, 2.75) is 45.3 Å². The molecule has 2 aliphatic heterocycles. The highest BCUT2D eigenvalue weighted by Gasteiger charge is 2.27. The highest BCUT2D eigenvalue weighted by atomic mass is 16.5. The number of carbonyl (C=O) groups is 1. The molecule has 3 heterocycles. The van der Waals surface area contributed by atoms with Crippen LogP contribution >= 0.6 is 0 Å². The first-order valence-corrected chi connectivity index (χ1v) is 11.8. The van der Waals surface area contributed by atoms with E-state index in [1.165, 1.54) is 0 Å². The second kappa shape index (κ2) is 10.5. The maximum atomic E-state index is 12.8. The molecule has 1 aromatic carbocycles. The van der Waals surface area contributed by atoms with Crippen LogP contribution in [0.15, 0.2) is 18.2 Å². The number of piperidine rings is 1. The zero-order valence-corrected chi connectivity index (χ0v) is 20.2. The van der Waals surface area contributed by atoms with Crippen LogP contribution in [0.25, 0.3) is 0 Å². The van der Waals surface area contributed by atoms with Crippen LogP contribution in [-0.4, -0.2) is 77.9 Å². The van der Waals surface area contributed by atoms with Crippen LogP contribution < -0.4 is 14.8 Å². The Morgan fingerprint density at radius 1 is 1.12 bits per heavy atom. The number of benzene rings is 1. The Morgan fingerprint density at radius 3 is 2.64 bits per heavy atom. The molecule has 0 spiro atoms. The molecule has 180 valence electrons. The topological polar surface area (TPSA) is 84.8 Å². The third-order valence-corrected chi connectivity index (χ3v) is 6.86. The van der Waals surface area contributed by atoms with Crippen molar-refractivity contribution in [2.75, 3.05) is 47.4 Å². The van der Waals surface area contributed by atoms with Gasteiger partial charge in [-0.25, -0.2) is 0 Å². The molecule has 0 bridgehead atoms. The van der Waals surface area contributed by atoms with Crippen LogP contribution in [0.5, 0.6) is 11.5 Å². The molecule has 1 saturated heterocycles. The van der Waals surface area contributed by atoms with Gasteiger partial charge in [0.2, 0.25) is 5.91 Å². The number of aromatic nitrogens is 3. The molecule has 1 atom stereocenters. The lowest BCUT2D eigenvalue weighted by molar-refractivity contribution is -0.127. The summed E-state index contributed by atoms with van der Waals surface area (Å²) in [5, 5.41) is 12.1. The van der Waals surface area contributed by atoms with E-state index in [9.17, 15) is 4.79 Å². The van der Waals surface area contributed by atoms with Crippen LogP contribution in [0.2, 0.25) is 0 Å². The van der Waals surface area contributed by atoms with Crippen LogP contribution in [0.1, 0.15) is 43.0 Å². The summed E-state index contributed by atoms with van der Waals surface area (Å²) in [6.07, 6.45) is 2.64. The summed E-state index contributed by atoms with van der Waals surface area (Å²) >= 11 is 0. The molecule has 1 unspecified atom stereocenters. The number of nitrogens with one attached hydrogen (secondary N) is 1. The van der Waals surface area contributed by atoms with Gasteiger partial charge in [-0.2, -0.15) is 0 Å². The number of methoxy groups -OCH3 is 2. The van der Waals surface area contributed by atoms with Crippen molar-refractivity contribution < 1.29 is 14.3 Å². The van der Waals surface area contributed by atoms with E-state index in [0.29, 0.717) is 0 Å². The monoisotopic (exact) mass is 456 g/mol. The molecule has 1 fully saturated rings. The Morgan fingerprint density at radius 2 is 1.91 bits per heavy atom. The number of nitrogens with zero attached hydrogens (tertiary/aromatic N) is 5. The highest BCUT2D eigenvalue weighted by Crippen LogP contribution is 2.26. The number of ether oxygens (including phenoxy) is 2. The molecule has 9 heteroatoms. The third kappa shape index (κ3) is 5.47. The summed E-state index contributed by atoms with van der Waals surface area (Å²) in [4.78, 5) is 17.5. The first-order chi connectivity index (χ1) is 16.0.